The second-order valence-electron chi connectivity index (χ2n) is 4.42. The van der Waals surface area contributed by atoms with Gasteiger partial charge in [-0.1, -0.05) is 6.92 Å². The Kier molecular flexibility index (Phi) is 5.05. The predicted octanol–water partition coefficient (Wildman–Crippen LogP) is 0.546. The zero-order valence-corrected chi connectivity index (χ0v) is 9.53. The number of ether oxygens (including phenoxy) is 1. The van der Waals surface area contributed by atoms with Gasteiger partial charge in [0.25, 0.3) is 0 Å². The maximum absolute atomic E-state index is 11.1. The molecule has 1 rings (SSSR count). The van der Waals surface area contributed by atoms with E-state index in [9.17, 15) is 9.90 Å². The van der Waals surface area contributed by atoms with Gasteiger partial charge in [-0.25, -0.2) is 0 Å². The highest BCUT2D eigenvalue weighted by molar-refractivity contribution is 5.71. The van der Waals surface area contributed by atoms with Gasteiger partial charge in [0.2, 0.25) is 0 Å². The number of hydrogen-bond donors (Lipinski definition) is 2. The van der Waals surface area contributed by atoms with Gasteiger partial charge in [-0.05, 0) is 31.7 Å². The fraction of sp³-hybridized carbons (Fsp3) is 0.909. The van der Waals surface area contributed by atoms with Crippen LogP contribution in [0.2, 0.25) is 0 Å². The molecule has 15 heavy (non-hydrogen) atoms. The summed E-state index contributed by atoms with van der Waals surface area (Å²) in [6, 6.07) is 0. The van der Waals surface area contributed by atoms with Crippen molar-refractivity contribution in [1.82, 2.24) is 5.32 Å². The summed E-state index contributed by atoms with van der Waals surface area (Å²) in [6.45, 7) is 3.39. The lowest BCUT2D eigenvalue weighted by molar-refractivity contribution is -0.144. The minimum absolute atomic E-state index is 0.0960. The van der Waals surface area contributed by atoms with Crippen molar-refractivity contribution in [3.05, 3.63) is 0 Å². The van der Waals surface area contributed by atoms with E-state index in [1.54, 1.807) is 0 Å². The fourth-order valence-electron chi connectivity index (χ4n) is 2.02. The Morgan fingerprint density at radius 3 is 2.87 bits per heavy atom. The predicted molar refractivity (Wildman–Crippen MR) is 57.4 cm³/mol. The van der Waals surface area contributed by atoms with E-state index in [1.807, 2.05) is 6.92 Å². The van der Waals surface area contributed by atoms with E-state index in [4.69, 9.17) is 0 Å². The third kappa shape index (κ3) is 4.18. The molecule has 1 aliphatic carbocycles. The molecule has 0 aromatic carbocycles. The Morgan fingerprint density at radius 2 is 2.33 bits per heavy atom. The molecule has 1 saturated carbocycles. The molecule has 0 aromatic rings. The van der Waals surface area contributed by atoms with Crippen LogP contribution in [0, 0.1) is 11.8 Å². The summed E-state index contributed by atoms with van der Waals surface area (Å²) in [5.41, 5.74) is 0. The minimum Gasteiger partial charge on any atom is -0.469 e. The lowest BCUT2D eigenvalue weighted by Crippen LogP contribution is -2.30. The summed E-state index contributed by atoms with van der Waals surface area (Å²) in [7, 11) is 1.41. The number of aliphatic hydroxyl groups excluding tert-OH is 1. The number of rotatable bonds is 5. The monoisotopic (exact) mass is 215 g/mol. The Morgan fingerprint density at radius 1 is 1.60 bits per heavy atom. The van der Waals surface area contributed by atoms with E-state index < -0.39 is 0 Å². The summed E-state index contributed by atoms with van der Waals surface area (Å²) >= 11 is 0. The number of nitrogens with one attached hydrogen (secondary N) is 1. The summed E-state index contributed by atoms with van der Waals surface area (Å²) in [5.74, 6) is 0.292. The highest BCUT2D eigenvalue weighted by atomic mass is 16.5. The maximum atomic E-state index is 11.1. The molecule has 0 radical (unpaired) electrons. The number of hydrogen-bond acceptors (Lipinski definition) is 4. The molecule has 0 aliphatic heterocycles. The molecule has 0 bridgehead atoms. The molecule has 2 N–H and O–H groups in total. The molecular weight excluding hydrogens is 194 g/mol. The Hall–Kier alpha value is -0.610. The molecule has 4 nitrogen and oxygen atoms in total. The lowest BCUT2D eigenvalue weighted by Gasteiger charge is -2.13. The van der Waals surface area contributed by atoms with Crippen molar-refractivity contribution in [2.75, 3.05) is 20.2 Å². The van der Waals surface area contributed by atoms with Gasteiger partial charge in [-0.3, -0.25) is 4.79 Å². The van der Waals surface area contributed by atoms with E-state index in [1.165, 1.54) is 7.11 Å². The van der Waals surface area contributed by atoms with Gasteiger partial charge in [0.1, 0.15) is 0 Å². The van der Waals surface area contributed by atoms with E-state index in [2.05, 4.69) is 10.1 Å². The zero-order chi connectivity index (χ0) is 11.3. The van der Waals surface area contributed by atoms with E-state index in [0.29, 0.717) is 12.5 Å². The van der Waals surface area contributed by atoms with Crippen LogP contribution in [0.15, 0.2) is 0 Å². The van der Waals surface area contributed by atoms with Crippen LogP contribution in [-0.4, -0.2) is 37.4 Å². The van der Waals surface area contributed by atoms with Crippen LogP contribution in [0.1, 0.15) is 26.2 Å². The van der Waals surface area contributed by atoms with Crippen molar-refractivity contribution in [2.24, 2.45) is 11.8 Å². The van der Waals surface area contributed by atoms with Crippen LogP contribution in [0.5, 0.6) is 0 Å². The standard InChI is InChI=1S/C11H21NO3/c1-8(11(14)15-2)6-12-7-9-3-4-10(13)5-9/h8-10,12-13H,3-7H2,1-2H3. The minimum atomic E-state index is -0.172. The third-order valence-corrected chi connectivity index (χ3v) is 3.00. The summed E-state index contributed by atoms with van der Waals surface area (Å²) < 4.78 is 4.63. The van der Waals surface area contributed by atoms with Crippen molar-refractivity contribution in [3.63, 3.8) is 0 Å². The van der Waals surface area contributed by atoms with Crippen molar-refractivity contribution in [1.29, 1.82) is 0 Å². The van der Waals surface area contributed by atoms with Gasteiger partial charge in [0.05, 0.1) is 19.1 Å². The first kappa shape index (κ1) is 12.5. The third-order valence-electron chi connectivity index (χ3n) is 3.00. The molecule has 1 aliphatic rings. The van der Waals surface area contributed by atoms with Crippen molar-refractivity contribution in [3.8, 4) is 0 Å². The van der Waals surface area contributed by atoms with Gasteiger partial charge in [-0.2, -0.15) is 0 Å². The highest BCUT2D eigenvalue weighted by Gasteiger charge is 2.22. The topological polar surface area (TPSA) is 58.6 Å². The molecule has 3 unspecified atom stereocenters. The fourth-order valence-corrected chi connectivity index (χ4v) is 2.02. The van der Waals surface area contributed by atoms with E-state index >= 15 is 0 Å². The second-order valence-corrected chi connectivity index (χ2v) is 4.42. The number of carbonyl (C=O) groups excluding carboxylic acids is 1. The van der Waals surface area contributed by atoms with Crippen molar-refractivity contribution < 1.29 is 14.6 Å². The van der Waals surface area contributed by atoms with Crippen LogP contribution in [0.4, 0.5) is 0 Å². The van der Waals surface area contributed by atoms with E-state index in [-0.39, 0.29) is 18.0 Å². The molecule has 3 atom stereocenters. The molecule has 1 fully saturated rings. The maximum Gasteiger partial charge on any atom is 0.309 e. The molecule has 0 aromatic heterocycles. The van der Waals surface area contributed by atoms with Gasteiger partial charge in [0.15, 0.2) is 0 Å². The number of carbonyl (C=O) groups is 1. The Labute approximate surface area is 91.0 Å². The number of methoxy groups -OCH3 is 1. The van der Waals surface area contributed by atoms with Crippen LogP contribution < -0.4 is 5.32 Å². The molecule has 0 saturated heterocycles. The van der Waals surface area contributed by atoms with Gasteiger partial charge in [-0.15, -0.1) is 0 Å². The molecule has 4 heteroatoms. The first-order chi connectivity index (χ1) is 7.13. The van der Waals surface area contributed by atoms with Gasteiger partial charge < -0.3 is 15.2 Å². The Balaban J connectivity index is 2.08. The Bertz CT molecular complexity index is 208. The van der Waals surface area contributed by atoms with Crippen LogP contribution in [0.3, 0.4) is 0 Å². The average Bonchev–Trinajstić information content (AvgIpc) is 2.63. The molecular formula is C11H21NO3. The SMILES string of the molecule is COC(=O)C(C)CNCC1CCC(O)C1. The van der Waals surface area contributed by atoms with Gasteiger partial charge >= 0.3 is 5.97 Å². The zero-order valence-electron chi connectivity index (χ0n) is 9.53. The number of aliphatic hydroxyl groups is 1. The largest absolute Gasteiger partial charge is 0.469 e. The number of esters is 1. The summed E-state index contributed by atoms with van der Waals surface area (Å²) in [6.07, 6.45) is 2.77. The summed E-state index contributed by atoms with van der Waals surface area (Å²) in [5, 5.41) is 12.6. The van der Waals surface area contributed by atoms with Crippen molar-refractivity contribution >= 4 is 5.97 Å². The first-order valence-electron chi connectivity index (χ1n) is 5.60. The average molecular weight is 215 g/mol. The van der Waals surface area contributed by atoms with E-state index in [0.717, 1.165) is 25.8 Å². The normalized spacial score (nSPS) is 27.7. The summed E-state index contributed by atoms with van der Waals surface area (Å²) in [4.78, 5) is 11.1. The van der Waals surface area contributed by atoms with Crippen LogP contribution in [-0.2, 0) is 9.53 Å². The molecule has 0 amide bonds. The first-order valence-corrected chi connectivity index (χ1v) is 5.60. The van der Waals surface area contributed by atoms with Crippen LogP contribution in [0.25, 0.3) is 0 Å². The molecule has 0 spiro atoms. The van der Waals surface area contributed by atoms with Crippen molar-refractivity contribution in [2.45, 2.75) is 32.3 Å². The molecule has 88 valence electrons. The van der Waals surface area contributed by atoms with Gasteiger partial charge in [0, 0.05) is 6.54 Å². The molecule has 0 heterocycles. The quantitative estimate of drug-likeness (QED) is 0.657. The second kappa shape index (κ2) is 6.08. The highest BCUT2D eigenvalue weighted by Crippen LogP contribution is 2.24. The van der Waals surface area contributed by atoms with Crippen LogP contribution >= 0.6 is 0 Å². The smallest absolute Gasteiger partial charge is 0.309 e. The lowest BCUT2D eigenvalue weighted by atomic mass is 10.1.